The molecule has 0 aromatic heterocycles. The van der Waals surface area contributed by atoms with Gasteiger partial charge in [0, 0.05) is 11.1 Å². The number of ether oxygens (including phenoxy) is 1. The Morgan fingerprint density at radius 1 is 1.24 bits per heavy atom. The Balaban J connectivity index is 2.47. The minimum absolute atomic E-state index is 0.263. The highest BCUT2D eigenvalue weighted by Gasteiger charge is 2.33. The van der Waals surface area contributed by atoms with E-state index in [9.17, 15) is 0 Å². The van der Waals surface area contributed by atoms with Crippen molar-refractivity contribution in [3.63, 3.8) is 0 Å². The van der Waals surface area contributed by atoms with Gasteiger partial charge in [0.1, 0.15) is 5.75 Å². The van der Waals surface area contributed by atoms with E-state index in [1.807, 2.05) is 13.0 Å². The average molecular weight is 254 g/mol. The number of benzene rings is 1. The minimum atomic E-state index is -0.263. The van der Waals surface area contributed by atoms with E-state index < -0.39 is 0 Å². The van der Waals surface area contributed by atoms with Crippen LogP contribution in [0.5, 0.6) is 5.75 Å². The van der Waals surface area contributed by atoms with Crippen LogP contribution in [-0.2, 0) is 5.54 Å². The van der Waals surface area contributed by atoms with E-state index in [1.54, 1.807) is 7.11 Å². The van der Waals surface area contributed by atoms with Gasteiger partial charge in [0.25, 0.3) is 0 Å². The Kier molecular flexibility index (Phi) is 3.64. The standard InChI is InChI=1S/C14H20ClNO/c1-10-6-7-11(13(17-2)12(10)15)14(16)8-4-3-5-9-14/h6-7H,3-5,8-9,16H2,1-2H3. The summed E-state index contributed by atoms with van der Waals surface area (Å²) in [6.07, 6.45) is 5.68. The summed E-state index contributed by atoms with van der Waals surface area (Å²) in [6.45, 7) is 1.98. The van der Waals surface area contributed by atoms with Crippen molar-refractivity contribution in [3.05, 3.63) is 28.3 Å². The molecule has 3 heteroatoms. The fraction of sp³-hybridized carbons (Fsp3) is 0.571. The predicted molar refractivity (Wildman–Crippen MR) is 71.7 cm³/mol. The van der Waals surface area contributed by atoms with Crippen molar-refractivity contribution in [3.8, 4) is 5.75 Å². The van der Waals surface area contributed by atoms with Crippen LogP contribution in [-0.4, -0.2) is 7.11 Å². The summed E-state index contributed by atoms with van der Waals surface area (Å²) >= 11 is 6.30. The number of rotatable bonds is 2. The van der Waals surface area contributed by atoms with Crippen molar-refractivity contribution in [2.45, 2.75) is 44.6 Å². The van der Waals surface area contributed by atoms with Crippen LogP contribution in [0.3, 0.4) is 0 Å². The third-order valence-corrected chi connectivity index (χ3v) is 4.25. The molecule has 17 heavy (non-hydrogen) atoms. The first-order valence-corrected chi connectivity index (χ1v) is 6.59. The van der Waals surface area contributed by atoms with Crippen LogP contribution in [0.25, 0.3) is 0 Å². The number of nitrogens with two attached hydrogens (primary N) is 1. The Labute approximate surface area is 108 Å². The number of methoxy groups -OCH3 is 1. The Bertz CT molecular complexity index is 411. The van der Waals surface area contributed by atoms with Crippen molar-refractivity contribution in [2.24, 2.45) is 5.73 Å². The third-order valence-electron chi connectivity index (χ3n) is 3.78. The number of hydrogen-bond acceptors (Lipinski definition) is 2. The molecule has 0 amide bonds. The molecule has 94 valence electrons. The summed E-state index contributed by atoms with van der Waals surface area (Å²) in [5.74, 6) is 0.760. The summed E-state index contributed by atoms with van der Waals surface area (Å²) in [4.78, 5) is 0. The molecule has 1 aliphatic carbocycles. The molecule has 1 aromatic rings. The molecule has 0 spiro atoms. The minimum Gasteiger partial charge on any atom is -0.495 e. The van der Waals surface area contributed by atoms with Crippen LogP contribution < -0.4 is 10.5 Å². The van der Waals surface area contributed by atoms with Gasteiger partial charge in [-0.25, -0.2) is 0 Å². The molecular formula is C14H20ClNO. The van der Waals surface area contributed by atoms with Crippen molar-refractivity contribution in [2.75, 3.05) is 7.11 Å². The summed E-state index contributed by atoms with van der Waals surface area (Å²) in [7, 11) is 1.66. The third kappa shape index (κ3) is 2.29. The zero-order valence-electron chi connectivity index (χ0n) is 10.6. The summed E-state index contributed by atoms with van der Waals surface area (Å²) in [5.41, 5.74) is 8.37. The zero-order chi connectivity index (χ0) is 12.5. The van der Waals surface area contributed by atoms with Crippen LogP contribution >= 0.6 is 11.6 Å². The van der Waals surface area contributed by atoms with Gasteiger partial charge in [0.05, 0.1) is 12.1 Å². The highest BCUT2D eigenvalue weighted by Crippen LogP contribution is 2.42. The number of halogens is 1. The van der Waals surface area contributed by atoms with Gasteiger partial charge in [-0.15, -0.1) is 0 Å². The van der Waals surface area contributed by atoms with E-state index in [-0.39, 0.29) is 5.54 Å². The summed E-state index contributed by atoms with van der Waals surface area (Å²) in [5, 5.41) is 0.695. The highest BCUT2D eigenvalue weighted by molar-refractivity contribution is 6.33. The molecule has 2 nitrogen and oxygen atoms in total. The number of hydrogen-bond donors (Lipinski definition) is 1. The molecule has 1 aliphatic rings. The summed E-state index contributed by atoms with van der Waals surface area (Å²) < 4.78 is 5.46. The molecule has 1 aromatic carbocycles. The lowest BCUT2D eigenvalue weighted by Gasteiger charge is -2.35. The van der Waals surface area contributed by atoms with E-state index in [0.717, 1.165) is 29.7 Å². The largest absolute Gasteiger partial charge is 0.495 e. The quantitative estimate of drug-likeness (QED) is 0.871. The Morgan fingerprint density at radius 2 is 1.88 bits per heavy atom. The van der Waals surface area contributed by atoms with Gasteiger partial charge in [0.2, 0.25) is 0 Å². The second-order valence-electron chi connectivity index (χ2n) is 4.99. The van der Waals surface area contributed by atoms with Gasteiger partial charge in [-0.05, 0) is 25.3 Å². The maximum Gasteiger partial charge on any atom is 0.142 e. The van der Waals surface area contributed by atoms with E-state index >= 15 is 0 Å². The molecular weight excluding hydrogens is 234 g/mol. The normalized spacial score (nSPS) is 19.1. The molecule has 0 atom stereocenters. The molecule has 2 N–H and O–H groups in total. The van der Waals surface area contributed by atoms with Gasteiger partial charge in [-0.1, -0.05) is 43.0 Å². The molecule has 0 saturated heterocycles. The first-order valence-electron chi connectivity index (χ1n) is 6.21. The average Bonchev–Trinajstić information content (AvgIpc) is 2.33. The topological polar surface area (TPSA) is 35.2 Å². The van der Waals surface area contributed by atoms with Crippen molar-refractivity contribution < 1.29 is 4.74 Å². The lowest BCUT2D eigenvalue weighted by Crippen LogP contribution is -2.39. The van der Waals surface area contributed by atoms with Crippen LogP contribution in [0, 0.1) is 6.92 Å². The highest BCUT2D eigenvalue weighted by atomic mass is 35.5. The molecule has 1 saturated carbocycles. The van der Waals surface area contributed by atoms with E-state index in [1.165, 1.54) is 19.3 Å². The Hall–Kier alpha value is -0.730. The van der Waals surface area contributed by atoms with Crippen LogP contribution in [0.1, 0.15) is 43.2 Å². The molecule has 0 heterocycles. The van der Waals surface area contributed by atoms with Gasteiger partial charge in [-0.2, -0.15) is 0 Å². The fourth-order valence-electron chi connectivity index (χ4n) is 2.70. The monoisotopic (exact) mass is 253 g/mol. The van der Waals surface area contributed by atoms with E-state index in [0.29, 0.717) is 5.02 Å². The van der Waals surface area contributed by atoms with Crippen molar-refractivity contribution in [1.82, 2.24) is 0 Å². The first kappa shape index (κ1) is 12.7. The predicted octanol–water partition coefficient (Wildman–Crippen LogP) is 3.78. The van der Waals surface area contributed by atoms with Gasteiger partial charge >= 0.3 is 0 Å². The number of aryl methyl sites for hydroxylation is 1. The van der Waals surface area contributed by atoms with Gasteiger partial charge in [0.15, 0.2) is 0 Å². The molecule has 0 unspecified atom stereocenters. The summed E-state index contributed by atoms with van der Waals surface area (Å²) in [6, 6.07) is 4.11. The van der Waals surface area contributed by atoms with Crippen molar-refractivity contribution >= 4 is 11.6 Å². The van der Waals surface area contributed by atoms with Crippen molar-refractivity contribution in [1.29, 1.82) is 0 Å². The second kappa shape index (κ2) is 4.87. The molecule has 0 aliphatic heterocycles. The maximum atomic E-state index is 6.54. The smallest absolute Gasteiger partial charge is 0.142 e. The van der Waals surface area contributed by atoms with E-state index in [2.05, 4.69) is 6.07 Å². The van der Waals surface area contributed by atoms with Gasteiger partial charge < -0.3 is 10.5 Å². The zero-order valence-corrected chi connectivity index (χ0v) is 11.3. The van der Waals surface area contributed by atoms with Crippen LogP contribution in [0.15, 0.2) is 12.1 Å². The van der Waals surface area contributed by atoms with E-state index in [4.69, 9.17) is 22.1 Å². The molecule has 0 radical (unpaired) electrons. The molecule has 2 rings (SSSR count). The first-order chi connectivity index (χ1) is 8.08. The molecule has 1 fully saturated rings. The van der Waals surface area contributed by atoms with Gasteiger partial charge in [-0.3, -0.25) is 0 Å². The molecule has 0 bridgehead atoms. The van der Waals surface area contributed by atoms with Crippen LogP contribution in [0.4, 0.5) is 0 Å². The SMILES string of the molecule is COc1c(C2(N)CCCCC2)ccc(C)c1Cl. The maximum absolute atomic E-state index is 6.54. The second-order valence-corrected chi connectivity index (χ2v) is 5.37. The fourth-order valence-corrected chi connectivity index (χ4v) is 2.94. The Morgan fingerprint density at radius 3 is 2.47 bits per heavy atom. The lowest BCUT2D eigenvalue weighted by atomic mass is 9.77. The lowest BCUT2D eigenvalue weighted by molar-refractivity contribution is 0.289. The van der Waals surface area contributed by atoms with Crippen LogP contribution in [0.2, 0.25) is 5.02 Å².